The van der Waals surface area contributed by atoms with Crippen molar-refractivity contribution in [3.8, 4) is 0 Å². The van der Waals surface area contributed by atoms with Gasteiger partial charge in [-0.3, -0.25) is 4.79 Å². The average Bonchev–Trinajstić information content (AvgIpc) is 2.39. The number of carbonyl (C=O) groups excluding carboxylic acids is 2. The van der Waals surface area contributed by atoms with Gasteiger partial charge >= 0.3 is 6.03 Å². The number of nitrogens with two attached hydrogens (primary N) is 1. The molecule has 2 rings (SSSR count). The molecule has 1 aromatic rings. The maximum absolute atomic E-state index is 11.8. The number of hydrogen-bond donors (Lipinski definition) is 3. The highest BCUT2D eigenvalue weighted by Gasteiger charge is 2.16. The molecule has 0 spiro atoms. The molecule has 20 heavy (non-hydrogen) atoms. The summed E-state index contributed by atoms with van der Waals surface area (Å²) in [5.41, 5.74) is 5.88. The standard InChI is InChI=1S/C13H16ClN3O3/c14-11-7-9(1-2-10(11)12(15)18)17-13(19)16-8-3-5-20-6-4-8/h1-2,7-8H,3-6H2,(H2,15,18)(H2,16,17,19). The number of ether oxygens (including phenoxy) is 1. The van der Waals surface area contributed by atoms with Gasteiger partial charge in [0.2, 0.25) is 5.91 Å². The van der Waals surface area contributed by atoms with Crippen LogP contribution in [0.2, 0.25) is 5.02 Å². The van der Waals surface area contributed by atoms with Gasteiger partial charge in [-0.25, -0.2) is 4.79 Å². The monoisotopic (exact) mass is 297 g/mol. The van der Waals surface area contributed by atoms with E-state index >= 15 is 0 Å². The Morgan fingerprint density at radius 1 is 1.30 bits per heavy atom. The number of urea groups is 1. The number of halogens is 1. The Balaban J connectivity index is 1.93. The number of anilines is 1. The van der Waals surface area contributed by atoms with E-state index in [1.165, 1.54) is 12.1 Å². The van der Waals surface area contributed by atoms with Crippen molar-refractivity contribution >= 4 is 29.2 Å². The van der Waals surface area contributed by atoms with Crippen LogP contribution in [0.4, 0.5) is 10.5 Å². The molecule has 1 aliphatic heterocycles. The fraction of sp³-hybridized carbons (Fsp3) is 0.385. The van der Waals surface area contributed by atoms with E-state index in [1.54, 1.807) is 6.07 Å². The van der Waals surface area contributed by atoms with E-state index in [2.05, 4.69) is 10.6 Å². The number of amides is 3. The van der Waals surface area contributed by atoms with Gasteiger partial charge < -0.3 is 21.1 Å². The van der Waals surface area contributed by atoms with E-state index in [0.717, 1.165) is 12.8 Å². The van der Waals surface area contributed by atoms with Gasteiger partial charge in [-0.15, -0.1) is 0 Å². The van der Waals surface area contributed by atoms with E-state index in [4.69, 9.17) is 22.1 Å². The number of nitrogens with one attached hydrogen (secondary N) is 2. The molecule has 7 heteroatoms. The van der Waals surface area contributed by atoms with E-state index in [1.807, 2.05) is 0 Å². The SMILES string of the molecule is NC(=O)c1ccc(NC(=O)NC2CCOCC2)cc1Cl. The Morgan fingerprint density at radius 3 is 2.60 bits per heavy atom. The van der Waals surface area contributed by atoms with Crippen molar-refractivity contribution in [3.05, 3.63) is 28.8 Å². The lowest BCUT2D eigenvalue weighted by molar-refractivity contribution is 0.0806. The third kappa shape index (κ3) is 3.85. The van der Waals surface area contributed by atoms with Crippen LogP contribution < -0.4 is 16.4 Å². The highest BCUT2D eigenvalue weighted by atomic mass is 35.5. The van der Waals surface area contributed by atoms with Gasteiger partial charge in [-0.2, -0.15) is 0 Å². The van der Waals surface area contributed by atoms with E-state index in [-0.39, 0.29) is 22.7 Å². The van der Waals surface area contributed by atoms with Crippen LogP contribution in [0.25, 0.3) is 0 Å². The molecule has 0 aliphatic carbocycles. The molecule has 0 saturated carbocycles. The quantitative estimate of drug-likeness (QED) is 0.793. The largest absolute Gasteiger partial charge is 0.381 e. The van der Waals surface area contributed by atoms with E-state index < -0.39 is 5.91 Å². The maximum Gasteiger partial charge on any atom is 0.319 e. The maximum atomic E-state index is 11.8. The highest BCUT2D eigenvalue weighted by Crippen LogP contribution is 2.20. The van der Waals surface area contributed by atoms with Crippen molar-refractivity contribution in [2.24, 2.45) is 5.73 Å². The molecule has 1 fully saturated rings. The van der Waals surface area contributed by atoms with Crippen molar-refractivity contribution in [2.75, 3.05) is 18.5 Å². The van der Waals surface area contributed by atoms with Crippen LogP contribution >= 0.6 is 11.6 Å². The molecule has 0 radical (unpaired) electrons. The molecule has 0 bridgehead atoms. The normalized spacial score (nSPS) is 15.7. The van der Waals surface area contributed by atoms with Crippen molar-refractivity contribution < 1.29 is 14.3 Å². The van der Waals surface area contributed by atoms with Crippen LogP contribution in [-0.2, 0) is 4.74 Å². The summed E-state index contributed by atoms with van der Waals surface area (Å²) >= 11 is 5.91. The number of hydrogen-bond acceptors (Lipinski definition) is 3. The summed E-state index contributed by atoms with van der Waals surface area (Å²) < 4.78 is 5.22. The summed E-state index contributed by atoms with van der Waals surface area (Å²) in [7, 11) is 0. The number of rotatable bonds is 3. The summed E-state index contributed by atoms with van der Waals surface area (Å²) in [6.07, 6.45) is 1.60. The molecule has 0 unspecified atom stereocenters. The molecule has 1 aromatic carbocycles. The molecule has 1 aliphatic rings. The summed E-state index contributed by atoms with van der Waals surface area (Å²) in [5, 5.41) is 5.74. The summed E-state index contributed by atoms with van der Waals surface area (Å²) in [5.74, 6) is -0.604. The second-order valence-corrected chi connectivity index (χ2v) is 4.95. The molecule has 0 atom stereocenters. The van der Waals surface area contributed by atoms with Gasteiger partial charge in [0, 0.05) is 24.9 Å². The molecular weight excluding hydrogens is 282 g/mol. The molecule has 3 amide bonds. The minimum absolute atomic E-state index is 0.115. The predicted octanol–water partition coefficient (Wildman–Crippen LogP) is 1.74. The van der Waals surface area contributed by atoms with Crippen LogP contribution in [0.1, 0.15) is 23.2 Å². The third-order valence-electron chi connectivity index (χ3n) is 3.05. The predicted molar refractivity (Wildman–Crippen MR) is 76.0 cm³/mol. The van der Waals surface area contributed by atoms with Crippen LogP contribution in [-0.4, -0.2) is 31.2 Å². The Morgan fingerprint density at radius 2 is 2.00 bits per heavy atom. The first-order chi connectivity index (χ1) is 9.56. The first-order valence-corrected chi connectivity index (χ1v) is 6.68. The summed E-state index contributed by atoms with van der Waals surface area (Å²) in [6, 6.07) is 4.36. The number of carbonyl (C=O) groups is 2. The lowest BCUT2D eigenvalue weighted by Gasteiger charge is -2.23. The summed E-state index contributed by atoms with van der Waals surface area (Å²) in [4.78, 5) is 22.9. The minimum Gasteiger partial charge on any atom is -0.381 e. The fourth-order valence-corrected chi connectivity index (χ4v) is 2.26. The van der Waals surface area contributed by atoms with Gasteiger partial charge in [0.1, 0.15) is 0 Å². The molecule has 6 nitrogen and oxygen atoms in total. The van der Waals surface area contributed by atoms with E-state index in [9.17, 15) is 9.59 Å². The lowest BCUT2D eigenvalue weighted by atomic mass is 10.1. The van der Waals surface area contributed by atoms with Gasteiger partial charge in [-0.1, -0.05) is 11.6 Å². The lowest BCUT2D eigenvalue weighted by Crippen LogP contribution is -2.41. The summed E-state index contributed by atoms with van der Waals surface area (Å²) in [6.45, 7) is 1.31. The van der Waals surface area contributed by atoms with Gasteiger partial charge in [-0.05, 0) is 31.0 Å². The third-order valence-corrected chi connectivity index (χ3v) is 3.36. The first kappa shape index (κ1) is 14.6. The minimum atomic E-state index is -0.604. The number of benzene rings is 1. The fourth-order valence-electron chi connectivity index (χ4n) is 1.99. The Labute approximate surface area is 121 Å². The topological polar surface area (TPSA) is 93.5 Å². The molecule has 0 aromatic heterocycles. The average molecular weight is 298 g/mol. The zero-order chi connectivity index (χ0) is 14.5. The van der Waals surface area contributed by atoms with Crippen LogP contribution in [0.15, 0.2) is 18.2 Å². The van der Waals surface area contributed by atoms with Gasteiger partial charge in [0.25, 0.3) is 0 Å². The highest BCUT2D eigenvalue weighted by molar-refractivity contribution is 6.34. The van der Waals surface area contributed by atoms with Crippen molar-refractivity contribution in [2.45, 2.75) is 18.9 Å². The van der Waals surface area contributed by atoms with Crippen molar-refractivity contribution in [1.29, 1.82) is 0 Å². The number of primary amides is 1. The first-order valence-electron chi connectivity index (χ1n) is 6.31. The molecule has 1 saturated heterocycles. The van der Waals surface area contributed by atoms with E-state index in [0.29, 0.717) is 18.9 Å². The van der Waals surface area contributed by atoms with Gasteiger partial charge in [0.05, 0.1) is 10.6 Å². The van der Waals surface area contributed by atoms with Gasteiger partial charge in [0.15, 0.2) is 0 Å². The zero-order valence-electron chi connectivity index (χ0n) is 10.8. The Kier molecular flexibility index (Phi) is 4.81. The second kappa shape index (κ2) is 6.58. The van der Waals surface area contributed by atoms with Crippen molar-refractivity contribution in [3.63, 3.8) is 0 Å². The zero-order valence-corrected chi connectivity index (χ0v) is 11.6. The van der Waals surface area contributed by atoms with Crippen LogP contribution in [0.5, 0.6) is 0 Å². The molecular formula is C13H16ClN3O3. The Bertz CT molecular complexity index is 516. The Hall–Kier alpha value is -1.79. The van der Waals surface area contributed by atoms with Crippen molar-refractivity contribution in [1.82, 2.24) is 5.32 Å². The molecule has 4 N–H and O–H groups in total. The molecule has 108 valence electrons. The molecule has 1 heterocycles. The van der Waals surface area contributed by atoms with Crippen LogP contribution in [0.3, 0.4) is 0 Å². The smallest absolute Gasteiger partial charge is 0.319 e. The van der Waals surface area contributed by atoms with Crippen LogP contribution in [0, 0.1) is 0 Å². The second-order valence-electron chi connectivity index (χ2n) is 4.54.